The van der Waals surface area contributed by atoms with E-state index in [1.54, 1.807) is 41.1 Å². The summed E-state index contributed by atoms with van der Waals surface area (Å²) in [5, 5.41) is 3.04. The Kier molecular flexibility index (Phi) is 5.85. The summed E-state index contributed by atoms with van der Waals surface area (Å²) in [5.41, 5.74) is 1.60. The number of hydrogen-bond acceptors (Lipinski definition) is 5. The molecule has 2 aromatic rings. The quantitative estimate of drug-likeness (QED) is 0.893. The minimum Gasteiger partial charge on any atom is -0.450 e. The predicted octanol–water partition coefficient (Wildman–Crippen LogP) is 2.88. The predicted molar refractivity (Wildman–Crippen MR) is 98.4 cm³/mol. The van der Waals surface area contributed by atoms with Crippen molar-refractivity contribution in [2.75, 3.05) is 38.1 Å². The van der Waals surface area contributed by atoms with Crippen LogP contribution in [0.2, 0.25) is 0 Å². The summed E-state index contributed by atoms with van der Waals surface area (Å²) in [5.74, 6) is -0.506. The van der Waals surface area contributed by atoms with Crippen LogP contribution in [0.3, 0.4) is 0 Å². The highest BCUT2D eigenvalue weighted by atomic mass is 19.1. The third-order valence-corrected chi connectivity index (χ3v) is 4.19. The zero-order valence-corrected chi connectivity index (χ0v) is 15.0. The Morgan fingerprint density at radius 3 is 2.56 bits per heavy atom. The van der Waals surface area contributed by atoms with Crippen molar-refractivity contribution >= 4 is 23.4 Å². The van der Waals surface area contributed by atoms with Crippen LogP contribution in [0.5, 0.6) is 0 Å². The molecule has 8 heteroatoms. The molecule has 2 amide bonds. The number of amides is 2. The number of benzene rings is 1. The fourth-order valence-electron chi connectivity index (χ4n) is 2.85. The van der Waals surface area contributed by atoms with Gasteiger partial charge in [0.1, 0.15) is 5.82 Å². The van der Waals surface area contributed by atoms with Gasteiger partial charge in [-0.25, -0.2) is 9.18 Å². The third-order valence-electron chi connectivity index (χ3n) is 4.19. The van der Waals surface area contributed by atoms with Gasteiger partial charge in [0.25, 0.3) is 5.91 Å². The fraction of sp³-hybridized carbons (Fsp3) is 0.316. The van der Waals surface area contributed by atoms with Gasteiger partial charge < -0.3 is 19.9 Å². The van der Waals surface area contributed by atoms with Crippen molar-refractivity contribution in [2.24, 2.45) is 0 Å². The number of pyridine rings is 1. The van der Waals surface area contributed by atoms with E-state index >= 15 is 0 Å². The first kappa shape index (κ1) is 18.6. The number of halogens is 1. The molecule has 142 valence electrons. The lowest BCUT2D eigenvalue weighted by Crippen LogP contribution is -2.50. The van der Waals surface area contributed by atoms with Crippen molar-refractivity contribution < 1.29 is 18.7 Å². The number of nitrogens with one attached hydrogen (secondary N) is 1. The van der Waals surface area contributed by atoms with E-state index in [-0.39, 0.29) is 17.8 Å². The minimum absolute atomic E-state index is 0.158. The van der Waals surface area contributed by atoms with E-state index in [0.29, 0.717) is 49.7 Å². The molecule has 0 radical (unpaired) electrons. The molecular weight excluding hydrogens is 351 g/mol. The second-order valence-corrected chi connectivity index (χ2v) is 6.08. The molecule has 1 saturated heterocycles. The maximum Gasteiger partial charge on any atom is 0.409 e. The van der Waals surface area contributed by atoms with Gasteiger partial charge in [-0.1, -0.05) is 6.07 Å². The molecule has 2 heterocycles. The molecule has 0 aliphatic carbocycles. The van der Waals surface area contributed by atoms with Gasteiger partial charge in [-0.15, -0.1) is 0 Å². The molecule has 3 rings (SSSR count). The molecule has 0 spiro atoms. The van der Waals surface area contributed by atoms with Crippen molar-refractivity contribution in [1.29, 1.82) is 0 Å². The van der Waals surface area contributed by atoms with E-state index in [4.69, 9.17) is 4.74 Å². The SMILES string of the molecule is CCOC(=O)N1CCN(C(=O)c2cncc(Nc3cccc(F)c3)c2)CC1. The number of ether oxygens (including phenoxy) is 1. The third kappa shape index (κ3) is 4.72. The van der Waals surface area contributed by atoms with Gasteiger partial charge >= 0.3 is 6.09 Å². The molecule has 1 aliphatic rings. The molecule has 1 aromatic heterocycles. The molecule has 1 fully saturated rings. The summed E-state index contributed by atoms with van der Waals surface area (Å²) in [6.07, 6.45) is 2.71. The minimum atomic E-state index is -0.354. The highest BCUT2D eigenvalue weighted by Crippen LogP contribution is 2.18. The molecule has 1 aliphatic heterocycles. The molecule has 0 saturated carbocycles. The molecule has 0 atom stereocenters. The Morgan fingerprint density at radius 2 is 1.85 bits per heavy atom. The van der Waals surface area contributed by atoms with Crippen molar-refractivity contribution in [2.45, 2.75) is 6.92 Å². The van der Waals surface area contributed by atoms with Crippen LogP contribution in [0, 0.1) is 5.82 Å². The first-order chi connectivity index (χ1) is 13.1. The van der Waals surface area contributed by atoms with E-state index in [9.17, 15) is 14.0 Å². The van der Waals surface area contributed by atoms with Crippen LogP contribution in [0.1, 0.15) is 17.3 Å². The van der Waals surface area contributed by atoms with Crippen LogP contribution in [0.25, 0.3) is 0 Å². The normalized spacial score (nSPS) is 14.0. The zero-order valence-electron chi connectivity index (χ0n) is 15.0. The van der Waals surface area contributed by atoms with Gasteiger partial charge in [-0.05, 0) is 31.2 Å². The van der Waals surface area contributed by atoms with E-state index in [1.807, 2.05) is 0 Å². The van der Waals surface area contributed by atoms with Crippen LogP contribution in [-0.2, 0) is 4.74 Å². The van der Waals surface area contributed by atoms with E-state index in [0.717, 1.165) is 0 Å². The number of carbonyl (C=O) groups is 2. The molecule has 7 nitrogen and oxygen atoms in total. The highest BCUT2D eigenvalue weighted by Gasteiger charge is 2.25. The first-order valence-corrected chi connectivity index (χ1v) is 8.75. The maximum absolute atomic E-state index is 13.3. The summed E-state index contributed by atoms with van der Waals surface area (Å²) >= 11 is 0. The standard InChI is InChI=1S/C19H21FN4O3/c1-2-27-19(26)24-8-6-23(7-9-24)18(25)14-10-17(13-21-12-14)22-16-5-3-4-15(20)11-16/h3-5,10-13,22H,2,6-9H2,1H3. The summed E-state index contributed by atoms with van der Waals surface area (Å²) < 4.78 is 18.3. The van der Waals surface area contributed by atoms with Crippen molar-refractivity contribution in [3.63, 3.8) is 0 Å². The zero-order chi connectivity index (χ0) is 19.2. The van der Waals surface area contributed by atoms with Crippen LogP contribution < -0.4 is 5.32 Å². The lowest BCUT2D eigenvalue weighted by molar-refractivity contribution is 0.0570. The molecule has 1 N–H and O–H groups in total. The molecular formula is C19H21FN4O3. The lowest BCUT2D eigenvalue weighted by Gasteiger charge is -2.34. The van der Waals surface area contributed by atoms with Crippen LogP contribution >= 0.6 is 0 Å². The number of rotatable bonds is 4. The van der Waals surface area contributed by atoms with Crippen molar-refractivity contribution in [1.82, 2.24) is 14.8 Å². The van der Waals surface area contributed by atoms with Crippen LogP contribution in [-0.4, -0.2) is 59.6 Å². The molecule has 1 aromatic carbocycles. The summed E-state index contributed by atoms with van der Waals surface area (Å²) in [6, 6.07) is 7.73. The summed E-state index contributed by atoms with van der Waals surface area (Å²) in [7, 11) is 0. The van der Waals surface area contributed by atoms with Crippen molar-refractivity contribution in [3.05, 3.63) is 54.1 Å². The fourth-order valence-corrected chi connectivity index (χ4v) is 2.85. The van der Waals surface area contributed by atoms with Gasteiger partial charge in [-0.2, -0.15) is 0 Å². The Labute approximate surface area is 156 Å². The lowest BCUT2D eigenvalue weighted by atomic mass is 10.2. The van der Waals surface area contributed by atoms with E-state index < -0.39 is 0 Å². The van der Waals surface area contributed by atoms with Gasteiger partial charge in [0.15, 0.2) is 0 Å². The molecule has 0 bridgehead atoms. The summed E-state index contributed by atoms with van der Waals surface area (Å²) in [6.45, 7) is 3.81. The van der Waals surface area contributed by atoms with Crippen molar-refractivity contribution in [3.8, 4) is 0 Å². The second kappa shape index (κ2) is 8.48. The maximum atomic E-state index is 13.3. The largest absolute Gasteiger partial charge is 0.450 e. The second-order valence-electron chi connectivity index (χ2n) is 6.08. The monoisotopic (exact) mass is 372 g/mol. The van der Waals surface area contributed by atoms with Gasteiger partial charge in [0.2, 0.25) is 0 Å². The molecule has 0 unspecified atom stereocenters. The van der Waals surface area contributed by atoms with Gasteiger partial charge in [-0.3, -0.25) is 9.78 Å². The average molecular weight is 372 g/mol. The van der Waals surface area contributed by atoms with E-state index in [1.165, 1.54) is 18.3 Å². The number of hydrogen-bond donors (Lipinski definition) is 1. The van der Waals surface area contributed by atoms with Crippen LogP contribution in [0.15, 0.2) is 42.7 Å². The van der Waals surface area contributed by atoms with Crippen LogP contribution in [0.4, 0.5) is 20.6 Å². The van der Waals surface area contributed by atoms with E-state index in [2.05, 4.69) is 10.3 Å². The smallest absolute Gasteiger partial charge is 0.409 e. The van der Waals surface area contributed by atoms with Gasteiger partial charge in [0, 0.05) is 38.1 Å². The number of piperazine rings is 1. The first-order valence-electron chi connectivity index (χ1n) is 8.75. The Balaban J connectivity index is 1.63. The highest BCUT2D eigenvalue weighted by molar-refractivity contribution is 5.95. The summed E-state index contributed by atoms with van der Waals surface area (Å²) in [4.78, 5) is 31.8. The average Bonchev–Trinajstić information content (AvgIpc) is 2.68. The number of anilines is 2. The topological polar surface area (TPSA) is 74.8 Å². The Bertz CT molecular complexity index is 822. The number of aromatic nitrogens is 1. The van der Waals surface area contributed by atoms with Gasteiger partial charge in [0.05, 0.1) is 24.1 Å². The number of carbonyl (C=O) groups excluding carboxylic acids is 2. The number of nitrogens with zero attached hydrogens (tertiary/aromatic N) is 3. The Morgan fingerprint density at radius 1 is 1.11 bits per heavy atom. The Hall–Kier alpha value is -3.16. The molecule has 27 heavy (non-hydrogen) atoms.